The predicted octanol–water partition coefficient (Wildman–Crippen LogP) is 1.77. The predicted molar refractivity (Wildman–Crippen MR) is 40.2 cm³/mol. The highest BCUT2D eigenvalue weighted by molar-refractivity contribution is 5.07. The second kappa shape index (κ2) is 1.51. The molecule has 1 fully saturated rings. The Morgan fingerprint density at radius 1 is 1.33 bits per heavy atom. The van der Waals surface area contributed by atoms with Crippen LogP contribution in [0.3, 0.4) is 0 Å². The zero-order valence-electron chi connectivity index (χ0n) is 6.86. The van der Waals surface area contributed by atoms with E-state index >= 15 is 0 Å². The quantitative estimate of drug-likeness (QED) is 0.527. The molecule has 1 nitrogen and oxygen atoms in total. The molecule has 1 heteroatoms. The van der Waals surface area contributed by atoms with Gasteiger partial charge >= 0.3 is 0 Å². The number of hydrogen-bond donors (Lipinski definition) is 1. The average molecular weight is 127 g/mol. The lowest BCUT2D eigenvalue weighted by Gasteiger charge is -2.57. The summed E-state index contributed by atoms with van der Waals surface area (Å²) in [5.41, 5.74) is 6.43. The Morgan fingerprint density at radius 3 is 1.78 bits per heavy atom. The van der Waals surface area contributed by atoms with E-state index in [0.717, 1.165) is 5.92 Å². The molecule has 2 atom stereocenters. The van der Waals surface area contributed by atoms with Crippen LogP contribution in [0.25, 0.3) is 0 Å². The van der Waals surface area contributed by atoms with Crippen molar-refractivity contribution >= 4 is 0 Å². The first kappa shape index (κ1) is 7.07. The molecule has 1 rings (SSSR count). The lowest BCUT2D eigenvalue weighted by molar-refractivity contribution is -0.0237. The Labute approximate surface area is 57.6 Å². The van der Waals surface area contributed by atoms with Crippen LogP contribution in [0.5, 0.6) is 0 Å². The molecule has 1 aliphatic carbocycles. The van der Waals surface area contributed by atoms with Gasteiger partial charge in [-0.05, 0) is 24.7 Å². The highest BCUT2D eigenvalue weighted by Crippen LogP contribution is 2.51. The van der Waals surface area contributed by atoms with Crippen molar-refractivity contribution in [3.8, 4) is 0 Å². The van der Waals surface area contributed by atoms with Crippen LogP contribution in [-0.4, -0.2) is 5.54 Å². The Kier molecular flexibility index (Phi) is 1.19. The van der Waals surface area contributed by atoms with Gasteiger partial charge in [-0.3, -0.25) is 0 Å². The largest absolute Gasteiger partial charge is 0.325 e. The fourth-order valence-electron chi connectivity index (χ4n) is 1.59. The smallest absolute Gasteiger partial charge is 0.0182 e. The fourth-order valence-corrected chi connectivity index (χ4v) is 1.59. The molecule has 0 spiro atoms. The second-order valence-corrected chi connectivity index (χ2v) is 4.24. The van der Waals surface area contributed by atoms with Crippen LogP contribution < -0.4 is 5.73 Å². The van der Waals surface area contributed by atoms with Crippen LogP contribution in [0.2, 0.25) is 0 Å². The Balaban J connectivity index is 2.70. The van der Waals surface area contributed by atoms with Gasteiger partial charge in [0.05, 0.1) is 0 Å². The van der Waals surface area contributed by atoms with E-state index in [0.29, 0.717) is 5.41 Å². The number of nitrogens with two attached hydrogens (primary N) is 1. The fraction of sp³-hybridized carbons (Fsp3) is 1.00. The van der Waals surface area contributed by atoms with Crippen molar-refractivity contribution < 1.29 is 0 Å². The van der Waals surface area contributed by atoms with Gasteiger partial charge in [0.15, 0.2) is 0 Å². The average Bonchev–Trinajstić information content (AvgIpc) is 1.65. The maximum atomic E-state index is 5.99. The van der Waals surface area contributed by atoms with Crippen LogP contribution >= 0.6 is 0 Å². The van der Waals surface area contributed by atoms with E-state index < -0.39 is 0 Å². The highest BCUT2D eigenvalue weighted by Gasteiger charge is 2.51. The molecule has 0 aromatic heterocycles. The van der Waals surface area contributed by atoms with E-state index in [-0.39, 0.29) is 5.54 Å². The lowest BCUT2D eigenvalue weighted by atomic mass is 9.52. The molecule has 0 aliphatic heterocycles. The lowest BCUT2D eigenvalue weighted by Crippen LogP contribution is -2.63. The van der Waals surface area contributed by atoms with E-state index in [9.17, 15) is 0 Å². The summed E-state index contributed by atoms with van der Waals surface area (Å²) in [6.45, 7) is 8.92. The maximum absolute atomic E-state index is 5.99. The number of rotatable bonds is 0. The molecule has 0 amide bonds. The summed E-state index contributed by atoms with van der Waals surface area (Å²) < 4.78 is 0. The van der Waals surface area contributed by atoms with Gasteiger partial charge < -0.3 is 5.73 Å². The monoisotopic (exact) mass is 127 g/mol. The highest BCUT2D eigenvalue weighted by atomic mass is 14.8. The number of hydrogen-bond acceptors (Lipinski definition) is 1. The molecule has 0 aromatic carbocycles. The third-order valence-corrected chi connectivity index (χ3v) is 3.43. The van der Waals surface area contributed by atoms with Crippen molar-refractivity contribution in [3.63, 3.8) is 0 Å². The van der Waals surface area contributed by atoms with E-state index in [1.807, 2.05) is 0 Å². The summed E-state index contributed by atoms with van der Waals surface area (Å²) in [5.74, 6) is 0.799. The summed E-state index contributed by atoms with van der Waals surface area (Å²) in [6.07, 6.45) is 1.18. The van der Waals surface area contributed by atoms with Crippen molar-refractivity contribution in [1.82, 2.24) is 0 Å². The third kappa shape index (κ3) is 0.710. The zero-order chi connectivity index (χ0) is 7.28. The van der Waals surface area contributed by atoms with Crippen molar-refractivity contribution in [2.24, 2.45) is 17.1 Å². The Hall–Kier alpha value is -0.0400. The molecular formula is C8H17N. The minimum atomic E-state index is 0.0897. The van der Waals surface area contributed by atoms with E-state index in [1.54, 1.807) is 0 Å². The van der Waals surface area contributed by atoms with Crippen molar-refractivity contribution in [3.05, 3.63) is 0 Å². The molecule has 1 saturated carbocycles. The Morgan fingerprint density at radius 2 is 1.78 bits per heavy atom. The first-order chi connectivity index (χ1) is 3.88. The first-order valence-electron chi connectivity index (χ1n) is 3.67. The maximum Gasteiger partial charge on any atom is 0.0182 e. The Bertz CT molecular complexity index is 125. The van der Waals surface area contributed by atoms with E-state index in [1.165, 1.54) is 6.42 Å². The molecular weight excluding hydrogens is 110 g/mol. The standard InChI is InChI=1S/C8H17N/c1-6-5-8(4,9)7(6,2)3/h6H,5,9H2,1-4H3. The molecule has 0 bridgehead atoms. The van der Waals surface area contributed by atoms with E-state index in [2.05, 4.69) is 27.7 Å². The van der Waals surface area contributed by atoms with Gasteiger partial charge in [0, 0.05) is 5.54 Å². The normalized spacial score (nSPS) is 48.3. The summed E-state index contributed by atoms with van der Waals surface area (Å²) >= 11 is 0. The van der Waals surface area contributed by atoms with Crippen LogP contribution in [0.4, 0.5) is 0 Å². The molecule has 2 unspecified atom stereocenters. The molecule has 54 valence electrons. The van der Waals surface area contributed by atoms with Crippen LogP contribution in [-0.2, 0) is 0 Å². The van der Waals surface area contributed by atoms with Crippen molar-refractivity contribution in [2.45, 2.75) is 39.7 Å². The molecule has 1 aliphatic rings. The van der Waals surface area contributed by atoms with Crippen LogP contribution in [0, 0.1) is 11.3 Å². The van der Waals surface area contributed by atoms with Crippen molar-refractivity contribution in [2.75, 3.05) is 0 Å². The summed E-state index contributed by atoms with van der Waals surface area (Å²) in [6, 6.07) is 0. The molecule has 2 N–H and O–H groups in total. The SMILES string of the molecule is CC1CC(C)(N)C1(C)C. The summed E-state index contributed by atoms with van der Waals surface area (Å²) in [4.78, 5) is 0. The molecule has 0 saturated heterocycles. The van der Waals surface area contributed by atoms with Gasteiger partial charge in [0.1, 0.15) is 0 Å². The minimum absolute atomic E-state index is 0.0897. The van der Waals surface area contributed by atoms with E-state index in [4.69, 9.17) is 5.73 Å². The van der Waals surface area contributed by atoms with Gasteiger partial charge in [0.2, 0.25) is 0 Å². The molecule has 9 heavy (non-hydrogen) atoms. The second-order valence-electron chi connectivity index (χ2n) is 4.24. The summed E-state index contributed by atoms with van der Waals surface area (Å²) in [5, 5.41) is 0. The van der Waals surface area contributed by atoms with Crippen LogP contribution in [0.15, 0.2) is 0 Å². The summed E-state index contributed by atoms with van der Waals surface area (Å²) in [7, 11) is 0. The zero-order valence-corrected chi connectivity index (χ0v) is 6.86. The van der Waals surface area contributed by atoms with Crippen LogP contribution in [0.1, 0.15) is 34.1 Å². The molecule has 0 heterocycles. The first-order valence-corrected chi connectivity index (χ1v) is 3.67. The minimum Gasteiger partial charge on any atom is -0.325 e. The van der Waals surface area contributed by atoms with Crippen molar-refractivity contribution in [1.29, 1.82) is 0 Å². The molecule has 0 radical (unpaired) electrons. The molecule has 0 aromatic rings. The van der Waals surface area contributed by atoms with Gasteiger partial charge in [-0.25, -0.2) is 0 Å². The van der Waals surface area contributed by atoms with Gasteiger partial charge in [-0.1, -0.05) is 20.8 Å². The van der Waals surface area contributed by atoms with Gasteiger partial charge in [0.25, 0.3) is 0 Å². The van der Waals surface area contributed by atoms with Gasteiger partial charge in [-0.2, -0.15) is 0 Å². The van der Waals surface area contributed by atoms with Gasteiger partial charge in [-0.15, -0.1) is 0 Å². The third-order valence-electron chi connectivity index (χ3n) is 3.43. The topological polar surface area (TPSA) is 26.0 Å².